The van der Waals surface area contributed by atoms with E-state index in [1.807, 2.05) is 18.2 Å². The maximum atomic E-state index is 5.41. The fraction of sp³-hybridized carbons (Fsp3) is 0.316. The minimum atomic E-state index is 0.730. The zero-order valence-electron chi connectivity index (χ0n) is 14.5. The molecule has 0 aliphatic carbocycles. The second-order valence-corrected chi connectivity index (χ2v) is 7.17. The largest absolute Gasteiger partial charge is 0.379 e. The third-order valence-electron chi connectivity index (χ3n) is 4.25. The average molecular weight is 367 g/mol. The number of hydrogen-bond acceptors (Lipinski definition) is 7. The van der Waals surface area contributed by atoms with Crippen LogP contribution in [0.5, 0.6) is 0 Å². The quantitative estimate of drug-likeness (QED) is 0.722. The van der Waals surface area contributed by atoms with Crippen LogP contribution in [0.15, 0.2) is 48.7 Å². The van der Waals surface area contributed by atoms with Gasteiger partial charge in [0.25, 0.3) is 0 Å². The molecule has 1 aromatic carbocycles. The zero-order chi connectivity index (χ0) is 17.6. The van der Waals surface area contributed by atoms with E-state index in [0.717, 1.165) is 55.2 Å². The summed E-state index contributed by atoms with van der Waals surface area (Å²) < 4.78 is 5.41. The molecule has 0 saturated carbocycles. The van der Waals surface area contributed by atoms with E-state index in [4.69, 9.17) is 4.74 Å². The summed E-state index contributed by atoms with van der Waals surface area (Å²) in [6.45, 7) is 5.37. The van der Waals surface area contributed by atoms with Crippen molar-refractivity contribution in [2.45, 2.75) is 13.1 Å². The van der Waals surface area contributed by atoms with E-state index >= 15 is 0 Å². The van der Waals surface area contributed by atoms with Crippen LogP contribution < -0.4 is 5.32 Å². The standard InChI is InChI=1S/C19H21N5OS/c1-2-7-20-17(6-1)18-22-23-19(26-18)21-13-15-4-3-5-16(12-15)14-24-8-10-25-11-9-24/h1-7,12H,8-11,13-14H2,(H,21,23). The lowest BCUT2D eigenvalue weighted by molar-refractivity contribution is 0.0342. The molecule has 3 aromatic rings. The Labute approximate surface area is 156 Å². The Morgan fingerprint density at radius 1 is 1.04 bits per heavy atom. The van der Waals surface area contributed by atoms with Crippen molar-refractivity contribution >= 4 is 16.5 Å². The van der Waals surface area contributed by atoms with Gasteiger partial charge in [0.05, 0.1) is 13.2 Å². The molecular formula is C19H21N5OS. The number of pyridine rings is 1. The Bertz CT molecular complexity index is 833. The number of nitrogens with one attached hydrogen (secondary N) is 1. The second kappa shape index (κ2) is 8.35. The van der Waals surface area contributed by atoms with Gasteiger partial charge < -0.3 is 10.1 Å². The lowest BCUT2D eigenvalue weighted by Gasteiger charge is -2.26. The number of benzene rings is 1. The maximum absolute atomic E-state index is 5.41. The number of ether oxygens (including phenoxy) is 1. The van der Waals surface area contributed by atoms with E-state index in [2.05, 4.69) is 49.7 Å². The Morgan fingerprint density at radius 2 is 1.92 bits per heavy atom. The van der Waals surface area contributed by atoms with Crippen molar-refractivity contribution in [1.82, 2.24) is 20.1 Å². The van der Waals surface area contributed by atoms with Crippen LogP contribution >= 0.6 is 11.3 Å². The van der Waals surface area contributed by atoms with Gasteiger partial charge in [0.2, 0.25) is 5.13 Å². The van der Waals surface area contributed by atoms with Gasteiger partial charge in [0, 0.05) is 32.4 Å². The lowest BCUT2D eigenvalue weighted by atomic mass is 10.1. The summed E-state index contributed by atoms with van der Waals surface area (Å²) in [4.78, 5) is 6.74. The minimum Gasteiger partial charge on any atom is -0.379 e. The van der Waals surface area contributed by atoms with E-state index in [0.29, 0.717) is 0 Å². The molecule has 0 atom stereocenters. The van der Waals surface area contributed by atoms with Crippen LogP contribution in [0.3, 0.4) is 0 Å². The molecule has 134 valence electrons. The highest BCUT2D eigenvalue weighted by atomic mass is 32.1. The average Bonchev–Trinajstić information content (AvgIpc) is 3.17. The van der Waals surface area contributed by atoms with Crippen LogP contribution in [0.4, 0.5) is 5.13 Å². The maximum Gasteiger partial charge on any atom is 0.206 e. The number of anilines is 1. The Hall–Kier alpha value is -2.35. The van der Waals surface area contributed by atoms with Gasteiger partial charge in [-0.2, -0.15) is 0 Å². The molecule has 1 aliphatic heterocycles. The predicted octanol–water partition coefficient (Wildman–Crippen LogP) is 3.04. The fourth-order valence-electron chi connectivity index (χ4n) is 2.92. The molecule has 1 saturated heterocycles. The molecule has 0 radical (unpaired) electrons. The summed E-state index contributed by atoms with van der Waals surface area (Å²) in [7, 11) is 0. The summed E-state index contributed by atoms with van der Waals surface area (Å²) in [5.74, 6) is 0. The van der Waals surface area contributed by atoms with Gasteiger partial charge in [-0.25, -0.2) is 0 Å². The molecule has 2 aromatic heterocycles. The van der Waals surface area contributed by atoms with Crippen LogP contribution in [0.25, 0.3) is 10.7 Å². The number of rotatable bonds is 6. The molecule has 6 nitrogen and oxygen atoms in total. The summed E-state index contributed by atoms with van der Waals surface area (Å²) in [5.41, 5.74) is 3.42. The highest BCUT2D eigenvalue weighted by Crippen LogP contribution is 2.24. The van der Waals surface area contributed by atoms with Crippen LogP contribution in [0, 0.1) is 0 Å². The van der Waals surface area contributed by atoms with Gasteiger partial charge in [-0.15, -0.1) is 10.2 Å². The van der Waals surface area contributed by atoms with Gasteiger partial charge in [0.15, 0.2) is 5.01 Å². The first-order valence-corrected chi connectivity index (χ1v) is 9.55. The van der Waals surface area contributed by atoms with Crippen LogP contribution in [-0.2, 0) is 17.8 Å². The Balaban J connectivity index is 1.36. The van der Waals surface area contributed by atoms with Gasteiger partial charge in [0.1, 0.15) is 5.69 Å². The molecule has 3 heterocycles. The van der Waals surface area contributed by atoms with Crippen LogP contribution in [0.2, 0.25) is 0 Å². The molecule has 1 fully saturated rings. The third-order valence-corrected chi connectivity index (χ3v) is 5.16. The number of nitrogens with zero attached hydrogens (tertiary/aromatic N) is 4. The molecule has 0 amide bonds. The van der Waals surface area contributed by atoms with Gasteiger partial charge in [-0.1, -0.05) is 41.7 Å². The number of morpholine rings is 1. The van der Waals surface area contributed by atoms with E-state index in [9.17, 15) is 0 Å². The first kappa shape index (κ1) is 17.1. The number of aromatic nitrogens is 3. The molecule has 0 unspecified atom stereocenters. The molecule has 26 heavy (non-hydrogen) atoms. The van der Waals surface area contributed by atoms with Crippen molar-refractivity contribution in [3.63, 3.8) is 0 Å². The Kier molecular flexibility index (Phi) is 5.49. The first-order valence-electron chi connectivity index (χ1n) is 8.73. The normalized spacial score (nSPS) is 15.1. The van der Waals surface area contributed by atoms with Crippen molar-refractivity contribution in [1.29, 1.82) is 0 Å². The molecule has 1 N–H and O–H groups in total. The van der Waals surface area contributed by atoms with Gasteiger partial charge >= 0.3 is 0 Å². The number of hydrogen-bond donors (Lipinski definition) is 1. The molecular weight excluding hydrogens is 346 g/mol. The van der Waals surface area contributed by atoms with Crippen molar-refractivity contribution in [2.75, 3.05) is 31.6 Å². The van der Waals surface area contributed by atoms with Crippen LogP contribution in [-0.4, -0.2) is 46.4 Å². The topological polar surface area (TPSA) is 63.2 Å². The lowest BCUT2D eigenvalue weighted by Crippen LogP contribution is -2.35. The summed E-state index contributed by atoms with van der Waals surface area (Å²) in [5, 5.41) is 13.4. The zero-order valence-corrected chi connectivity index (χ0v) is 15.3. The summed E-state index contributed by atoms with van der Waals surface area (Å²) in [6.07, 6.45) is 1.77. The molecule has 0 spiro atoms. The van der Waals surface area contributed by atoms with Gasteiger partial charge in [-0.05, 0) is 23.3 Å². The van der Waals surface area contributed by atoms with E-state index in [1.54, 1.807) is 6.20 Å². The molecule has 0 bridgehead atoms. The van der Waals surface area contributed by atoms with E-state index < -0.39 is 0 Å². The van der Waals surface area contributed by atoms with Crippen molar-refractivity contribution in [3.05, 3.63) is 59.8 Å². The van der Waals surface area contributed by atoms with E-state index in [-0.39, 0.29) is 0 Å². The second-order valence-electron chi connectivity index (χ2n) is 6.19. The predicted molar refractivity (Wildman–Crippen MR) is 103 cm³/mol. The van der Waals surface area contributed by atoms with E-state index in [1.165, 1.54) is 22.5 Å². The van der Waals surface area contributed by atoms with Crippen LogP contribution in [0.1, 0.15) is 11.1 Å². The third kappa shape index (κ3) is 4.43. The van der Waals surface area contributed by atoms with Gasteiger partial charge in [-0.3, -0.25) is 9.88 Å². The van der Waals surface area contributed by atoms with Crippen molar-refractivity contribution in [3.8, 4) is 10.7 Å². The fourth-order valence-corrected chi connectivity index (χ4v) is 3.64. The minimum absolute atomic E-state index is 0.730. The molecule has 4 rings (SSSR count). The molecule has 1 aliphatic rings. The first-order chi connectivity index (χ1) is 12.9. The summed E-state index contributed by atoms with van der Waals surface area (Å²) in [6, 6.07) is 14.5. The summed E-state index contributed by atoms with van der Waals surface area (Å²) >= 11 is 1.52. The Morgan fingerprint density at radius 3 is 2.77 bits per heavy atom. The monoisotopic (exact) mass is 367 g/mol. The van der Waals surface area contributed by atoms with Crippen molar-refractivity contribution in [2.24, 2.45) is 0 Å². The smallest absolute Gasteiger partial charge is 0.206 e. The van der Waals surface area contributed by atoms with Crippen molar-refractivity contribution < 1.29 is 4.74 Å². The SMILES string of the molecule is c1ccc(-c2nnc(NCc3cccc(CN4CCOCC4)c3)s2)nc1. The highest BCUT2D eigenvalue weighted by molar-refractivity contribution is 7.18. The molecule has 7 heteroatoms. The highest BCUT2D eigenvalue weighted by Gasteiger charge is 2.11.